The van der Waals surface area contributed by atoms with E-state index < -0.39 is 0 Å². The highest BCUT2D eigenvalue weighted by Crippen LogP contribution is 2.28. The van der Waals surface area contributed by atoms with Gasteiger partial charge >= 0.3 is 0 Å². The SMILES string of the molecule is CC[C@H](C)n1c(SCc2nnc(-c3cc(C)oc3C)o2)nc2ccccc2c1=O. The summed E-state index contributed by atoms with van der Waals surface area (Å²) in [6.07, 6.45) is 0.831. The Hall–Kier alpha value is -2.87. The fourth-order valence-corrected chi connectivity index (χ4v) is 4.12. The van der Waals surface area contributed by atoms with Crippen LogP contribution in [0.5, 0.6) is 0 Å². The van der Waals surface area contributed by atoms with E-state index in [4.69, 9.17) is 13.8 Å². The van der Waals surface area contributed by atoms with Gasteiger partial charge in [-0.15, -0.1) is 10.2 Å². The van der Waals surface area contributed by atoms with Gasteiger partial charge in [0.1, 0.15) is 11.5 Å². The van der Waals surface area contributed by atoms with Gasteiger partial charge < -0.3 is 8.83 Å². The highest BCUT2D eigenvalue weighted by Gasteiger charge is 2.18. The van der Waals surface area contributed by atoms with Gasteiger partial charge in [0.05, 0.1) is 22.2 Å². The average Bonchev–Trinajstić information content (AvgIpc) is 3.31. The van der Waals surface area contributed by atoms with E-state index in [1.165, 1.54) is 11.8 Å². The van der Waals surface area contributed by atoms with Crippen molar-refractivity contribution in [2.45, 2.75) is 51.1 Å². The van der Waals surface area contributed by atoms with Crippen LogP contribution in [-0.2, 0) is 5.75 Å². The Kier molecular flexibility index (Phi) is 5.27. The van der Waals surface area contributed by atoms with Crippen LogP contribution in [0.1, 0.15) is 43.7 Å². The third kappa shape index (κ3) is 3.72. The molecule has 0 spiro atoms. The van der Waals surface area contributed by atoms with Crippen molar-refractivity contribution < 1.29 is 8.83 Å². The quantitative estimate of drug-likeness (QED) is 0.329. The molecular weight excluding hydrogens is 388 g/mol. The van der Waals surface area contributed by atoms with Crippen LogP contribution in [0, 0.1) is 13.8 Å². The molecule has 3 aromatic heterocycles. The number of hydrogen-bond acceptors (Lipinski definition) is 7. The molecule has 7 nitrogen and oxygen atoms in total. The van der Waals surface area contributed by atoms with Crippen LogP contribution in [0.4, 0.5) is 0 Å². The van der Waals surface area contributed by atoms with Crippen LogP contribution in [0.25, 0.3) is 22.4 Å². The van der Waals surface area contributed by atoms with E-state index in [0.717, 1.165) is 23.5 Å². The predicted molar refractivity (Wildman–Crippen MR) is 112 cm³/mol. The second kappa shape index (κ2) is 7.87. The van der Waals surface area contributed by atoms with Gasteiger partial charge in [-0.25, -0.2) is 4.98 Å². The molecule has 0 amide bonds. The molecule has 29 heavy (non-hydrogen) atoms. The summed E-state index contributed by atoms with van der Waals surface area (Å²) < 4.78 is 13.1. The third-order valence-electron chi connectivity index (χ3n) is 4.87. The van der Waals surface area contributed by atoms with Crippen LogP contribution in [0.2, 0.25) is 0 Å². The maximum absolute atomic E-state index is 13.0. The monoisotopic (exact) mass is 410 g/mol. The number of fused-ring (bicyclic) bond motifs is 1. The summed E-state index contributed by atoms with van der Waals surface area (Å²) in [5.41, 5.74) is 1.46. The first kappa shape index (κ1) is 19.4. The topological polar surface area (TPSA) is 86.9 Å². The number of furan rings is 1. The highest BCUT2D eigenvalue weighted by atomic mass is 32.2. The van der Waals surface area contributed by atoms with E-state index in [-0.39, 0.29) is 11.6 Å². The smallest absolute Gasteiger partial charge is 0.262 e. The summed E-state index contributed by atoms with van der Waals surface area (Å²) >= 11 is 1.42. The summed E-state index contributed by atoms with van der Waals surface area (Å²) in [5, 5.41) is 9.56. The molecule has 0 saturated carbocycles. The zero-order chi connectivity index (χ0) is 20.5. The standard InChI is InChI=1S/C21H22N4O3S/c1-5-12(2)25-20(26)15-8-6-7-9-17(15)22-21(25)29-11-18-23-24-19(28-18)16-10-13(3)27-14(16)4/h6-10,12H,5,11H2,1-4H3/t12-/m0/s1. The number of aryl methyl sites for hydroxylation is 2. The lowest BCUT2D eigenvalue weighted by atomic mass is 10.2. The van der Waals surface area contributed by atoms with Crippen molar-refractivity contribution in [3.05, 3.63) is 58.1 Å². The van der Waals surface area contributed by atoms with Crippen molar-refractivity contribution in [2.75, 3.05) is 0 Å². The maximum Gasteiger partial charge on any atom is 0.262 e. The summed E-state index contributed by atoms with van der Waals surface area (Å²) in [5.74, 6) is 2.86. The minimum absolute atomic E-state index is 0.0248. The van der Waals surface area contributed by atoms with E-state index in [0.29, 0.717) is 33.6 Å². The Morgan fingerprint density at radius 3 is 2.69 bits per heavy atom. The number of aromatic nitrogens is 4. The number of rotatable bonds is 6. The minimum atomic E-state index is -0.0248. The Morgan fingerprint density at radius 1 is 1.17 bits per heavy atom. The molecule has 4 aromatic rings. The number of nitrogens with zero attached hydrogens (tertiary/aromatic N) is 4. The van der Waals surface area contributed by atoms with Gasteiger partial charge in [-0.1, -0.05) is 30.8 Å². The van der Waals surface area contributed by atoms with Crippen LogP contribution >= 0.6 is 11.8 Å². The predicted octanol–water partition coefficient (Wildman–Crippen LogP) is 4.92. The summed E-state index contributed by atoms with van der Waals surface area (Å²) in [6, 6.07) is 9.34. The Bertz CT molecular complexity index is 1220. The molecule has 4 rings (SSSR count). The molecule has 0 fully saturated rings. The van der Waals surface area contributed by atoms with Gasteiger partial charge in [-0.2, -0.15) is 0 Å². The van der Waals surface area contributed by atoms with Crippen molar-refractivity contribution in [3.63, 3.8) is 0 Å². The van der Waals surface area contributed by atoms with Gasteiger partial charge in [0.15, 0.2) is 5.16 Å². The van der Waals surface area contributed by atoms with Gasteiger partial charge in [0.2, 0.25) is 5.89 Å². The zero-order valence-corrected chi connectivity index (χ0v) is 17.6. The van der Waals surface area contributed by atoms with Crippen molar-refractivity contribution in [3.8, 4) is 11.5 Å². The average molecular weight is 410 g/mol. The molecule has 1 atom stereocenters. The van der Waals surface area contributed by atoms with Crippen molar-refractivity contribution in [1.29, 1.82) is 0 Å². The van der Waals surface area contributed by atoms with Crippen LogP contribution in [0.3, 0.4) is 0 Å². The molecule has 0 saturated heterocycles. The molecule has 0 aliphatic carbocycles. The van der Waals surface area contributed by atoms with Gasteiger partial charge in [0, 0.05) is 6.04 Å². The van der Waals surface area contributed by atoms with Crippen molar-refractivity contribution >= 4 is 22.7 Å². The second-order valence-electron chi connectivity index (χ2n) is 6.96. The molecule has 0 radical (unpaired) electrons. The Morgan fingerprint density at radius 2 is 1.97 bits per heavy atom. The van der Waals surface area contributed by atoms with E-state index in [1.54, 1.807) is 4.57 Å². The first-order chi connectivity index (χ1) is 14.0. The largest absolute Gasteiger partial charge is 0.466 e. The Labute approximate surface area is 172 Å². The minimum Gasteiger partial charge on any atom is -0.466 e. The number of hydrogen-bond donors (Lipinski definition) is 0. The lowest BCUT2D eigenvalue weighted by Gasteiger charge is -2.17. The van der Waals surface area contributed by atoms with Crippen molar-refractivity contribution in [2.24, 2.45) is 0 Å². The molecule has 150 valence electrons. The summed E-state index contributed by atoms with van der Waals surface area (Å²) in [4.78, 5) is 17.8. The lowest BCUT2D eigenvalue weighted by Crippen LogP contribution is -2.26. The molecule has 0 N–H and O–H groups in total. The molecule has 0 bridgehead atoms. The molecule has 0 aliphatic rings. The van der Waals surface area contributed by atoms with Crippen LogP contribution in [-0.4, -0.2) is 19.7 Å². The van der Waals surface area contributed by atoms with Gasteiger partial charge in [-0.3, -0.25) is 9.36 Å². The summed E-state index contributed by atoms with van der Waals surface area (Å²) in [7, 11) is 0. The molecule has 8 heteroatoms. The fourth-order valence-electron chi connectivity index (χ4n) is 3.19. The first-order valence-corrected chi connectivity index (χ1v) is 10.5. The molecule has 0 unspecified atom stereocenters. The number of benzene rings is 1. The first-order valence-electron chi connectivity index (χ1n) is 9.51. The number of para-hydroxylation sites is 1. The highest BCUT2D eigenvalue weighted by molar-refractivity contribution is 7.98. The van der Waals surface area contributed by atoms with E-state index in [2.05, 4.69) is 17.1 Å². The normalized spacial score (nSPS) is 12.6. The van der Waals surface area contributed by atoms with Crippen molar-refractivity contribution in [1.82, 2.24) is 19.7 Å². The van der Waals surface area contributed by atoms with E-state index in [9.17, 15) is 4.79 Å². The lowest BCUT2D eigenvalue weighted by molar-refractivity contribution is 0.467. The molecule has 3 heterocycles. The maximum atomic E-state index is 13.0. The van der Waals surface area contributed by atoms with E-state index >= 15 is 0 Å². The van der Waals surface area contributed by atoms with Crippen LogP contribution in [0.15, 0.2) is 49.1 Å². The molecular formula is C21H22N4O3S. The van der Waals surface area contributed by atoms with E-state index in [1.807, 2.05) is 51.1 Å². The number of thioether (sulfide) groups is 1. The third-order valence-corrected chi connectivity index (χ3v) is 5.81. The van der Waals surface area contributed by atoms with Gasteiger partial charge in [-0.05, 0) is 45.4 Å². The molecule has 1 aromatic carbocycles. The fraction of sp³-hybridized carbons (Fsp3) is 0.333. The summed E-state index contributed by atoms with van der Waals surface area (Å²) in [6.45, 7) is 7.82. The Balaban J connectivity index is 1.65. The second-order valence-corrected chi connectivity index (χ2v) is 7.90. The molecule has 0 aliphatic heterocycles. The van der Waals surface area contributed by atoms with Crippen LogP contribution < -0.4 is 5.56 Å². The van der Waals surface area contributed by atoms with Gasteiger partial charge in [0.25, 0.3) is 11.4 Å². The zero-order valence-electron chi connectivity index (χ0n) is 16.8.